The van der Waals surface area contributed by atoms with Crippen LogP contribution >= 0.6 is 0 Å². The van der Waals surface area contributed by atoms with E-state index in [9.17, 15) is 18.0 Å². The van der Waals surface area contributed by atoms with Gasteiger partial charge in [-0.05, 0) is 29.8 Å². The second-order valence-electron chi connectivity index (χ2n) is 5.49. The molecular formula is C17H14F3NO3. The van der Waals surface area contributed by atoms with E-state index in [1.54, 1.807) is 6.07 Å². The minimum atomic E-state index is -4.37. The quantitative estimate of drug-likeness (QED) is 0.879. The number of carboxylic acid groups (broad SMARTS) is 1. The Labute approximate surface area is 135 Å². The van der Waals surface area contributed by atoms with Crippen LogP contribution in [0.15, 0.2) is 42.5 Å². The maximum atomic E-state index is 12.6. The van der Waals surface area contributed by atoms with E-state index in [0.717, 1.165) is 17.7 Å². The second-order valence-corrected chi connectivity index (χ2v) is 5.49. The predicted octanol–water partition coefficient (Wildman–Crippen LogP) is 3.63. The zero-order valence-corrected chi connectivity index (χ0v) is 12.4. The van der Waals surface area contributed by atoms with Crippen LogP contribution in [-0.2, 0) is 12.7 Å². The monoisotopic (exact) mass is 337 g/mol. The zero-order valence-electron chi connectivity index (χ0n) is 12.4. The number of carbonyl (C=O) groups is 1. The van der Waals surface area contributed by atoms with Crippen molar-refractivity contribution in [2.75, 3.05) is 6.61 Å². The fourth-order valence-electron chi connectivity index (χ4n) is 2.55. The van der Waals surface area contributed by atoms with Crippen LogP contribution in [0.3, 0.4) is 0 Å². The molecule has 1 atom stereocenters. The van der Waals surface area contributed by atoms with Crippen LogP contribution in [-0.4, -0.2) is 17.7 Å². The van der Waals surface area contributed by atoms with Gasteiger partial charge in [0, 0.05) is 12.1 Å². The first-order chi connectivity index (χ1) is 11.3. The van der Waals surface area contributed by atoms with E-state index in [1.807, 2.05) is 0 Å². The molecule has 1 aliphatic heterocycles. The highest BCUT2D eigenvalue weighted by molar-refractivity contribution is 5.88. The number of nitrogens with one attached hydrogen (secondary N) is 1. The average Bonchev–Trinajstić information content (AvgIpc) is 2.76. The molecule has 126 valence electrons. The molecule has 0 spiro atoms. The predicted molar refractivity (Wildman–Crippen MR) is 79.9 cm³/mol. The average molecular weight is 337 g/mol. The first-order valence-electron chi connectivity index (χ1n) is 7.24. The molecule has 0 saturated carbocycles. The zero-order chi connectivity index (χ0) is 17.3. The van der Waals surface area contributed by atoms with Crippen LogP contribution in [0.5, 0.6) is 5.75 Å². The van der Waals surface area contributed by atoms with E-state index in [4.69, 9.17) is 9.84 Å². The third-order valence-corrected chi connectivity index (χ3v) is 3.90. The Morgan fingerprint density at radius 2 is 1.88 bits per heavy atom. The molecule has 2 N–H and O–H groups in total. The lowest BCUT2D eigenvalue weighted by Gasteiger charge is -2.16. The first kappa shape index (κ1) is 16.3. The maximum Gasteiger partial charge on any atom is 0.416 e. The highest BCUT2D eigenvalue weighted by Crippen LogP contribution is 2.31. The van der Waals surface area contributed by atoms with E-state index in [1.165, 1.54) is 24.3 Å². The molecule has 24 heavy (non-hydrogen) atoms. The van der Waals surface area contributed by atoms with E-state index in [0.29, 0.717) is 17.9 Å². The fourth-order valence-corrected chi connectivity index (χ4v) is 2.55. The minimum absolute atomic E-state index is 0.127. The summed E-state index contributed by atoms with van der Waals surface area (Å²) in [4.78, 5) is 11.0. The molecule has 1 aliphatic rings. The molecular weight excluding hydrogens is 323 g/mol. The third-order valence-electron chi connectivity index (χ3n) is 3.90. The maximum absolute atomic E-state index is 12.6. The van der Waals surface area contributed by atoms with Gasteiger partial charge in [-0.3, -0.25) is 0 Å². The van der Waals surface area contributed by atoms with E-state index in [2.05, 4.69) is 5.32 Å². The molecule has 2 aromatic carbocycles. The molecule has 1 unspecified atom stereocenters. The molecule has 0 amide bonds. The van der Waals surface area contributed by atoms with Gasteiger partial charge in [-0.1, -0.05) is 18.2 Å². The summed E-state index contributed by atoms with van der Waals surface area (Å²) in [7, 11) is 0. The third kappa shape index (κ3) is 3.35. The van der Waals surface area contributed by atoms with Crippen molar-refractivity contribution >= 4 is 5.97 Å². The van der Waals surface area contributed by atoms with Crippen LogP contribution in [0.25, 0.3) is 0 Å². The molecule has 0 radical (unpaired) electrons. The van der Waals surface area contributed by atoms with Gasteiger partial charge in [0.2, 0.25) is 0 Å². The number of rotatable bonds is 2. The Kier molecular flexibility index (Phi) is 4.19. The van der Waals surface area contributed by atoms with Crippen molar-refractivity contribution in [3.8, 4) is 5.75 Å². The van der Waals surface area contributed by atoms with Gasteiger partial charge in [-0.2, -0.15) is 13.2 Å². The van der Waals surface area contributed by atoms with Crippen LogP contribution in [0.1, 0.15) is 33.1 Å². The number of hydrogen-bond acceptors (Lipinski definition) is 3. The van der Waals surface area contributed by atoms with E-state index in [-0.39, 0.29) is 18.2 Å². The van der Waals surface area contributed by atoms with Crippen molar-refractivity contribution in [2.24, 2.45) is 0 Å². The number of benzene rings is 2. The number of fused-ring (bicyclic) bond motifs is 1. The molecule has 4 nitrogen and oxygen atoms in total. The van der Waals surface area contributed by atoms with Crippen LogP contribution in [0.4, 0.5) is 13.2 Å². The lowest BCUT2D eigenvalue weighted by molar-refractivity contribution is -0.137. The minimum Gasteiger partial charge on any atom is -0.491 e. The largest absolute Gasteiger partial charge is 0.491 e. The highest BCUT2D eigenvalue weighted by atomic mass is 19.4. The fraction of sp³-hybridized carbons (Fsp3) is 0.235. The molecule has 7 heteroatoms. The van der Waals surface area contributed by atoms with Crippen LogP contribution < -0.4 is 10.1 Å². The Balaban J connectivity index is 1.78. The summed E-state index contributed by atoms with van der Waals surface area (Å²) in [5.74, 6) is -0.574. The smallest absolute Gasteiger partial charge is 0.416 e. The van der Waals surface area contributed by atoms with Gasteiger partial charge in [0.25, 0.3) is 0 Å². The van der Waals surface area contributed by atoms with Crippen molar-refractivity contribution in [3.63, 3.8) is 0 Å². The molecule has 0 fully saturated rings. The van der Waals surface area contributed by atoms with Gasteiger partial charge in [-0.25, -0.2) is 4.79 Å². The van der Waals surface area contributed by atoms with E-state index < -0.39 is 17.7 Å². The van der Waals surface area contributed by atoms with Crippen molar-refractivity contribution < 1.29 is 27.8 Å². The Morgan fingerprint density at radius 1 is 1.17 bits per heavy atom. The Hall–Kier alpha value is -2.54. The number of halogens is 3. The summed E-state index contributed by atoms with van der Waals surface area (Å²) in [5, 5.41) is 12.2. The normalized spacial score (nSPS) is 17.5. The Bertz CT molecular complexity index is 757. The SMILES string of the molecule is O=C(O)c1ccc2c(c1)OCC(c1ccc(C(F)(F)F)cc1)NC2. The Morgan fingerprint density at radius 3 is 2.50 bits per heavy atom. The molecule has 2 aromatic rings. The summed E-state index contributed by atoms with van der Waals surface area (Å²) >= 11 is 0. The second kappa shape index (κ2) is 6.16. The molecule has 3 rings (SSSR count). The van der Waals surface area contributed by atoms with Gasteiger partial charge in [0.05, 0.1) is 17.2 Å². The topological polar surface area (TPSA) is 58.6 Å². The number of ether oxygens (including phenoxy) is 1. The highest BCUT2D eigenvalue weighted by Gasteiger charge is 2.30. The molecule has 0 aliphatic carbocycles. The summed E-state index contributed by atoms with van der Waals surface area (Å²) in [5.41, 5.74) is 0.903. The molecule has 0 saturated heterocycles. The molecule has 0 aromatic heterocycles. The lowest BCUT2D eigenvalue weighted by Crippen LogP contribution is -2.23. The number of carboxylic acids is 1. The summed E-state index contributed by atoms with van der Waals surface area (Å²) in [6.07, 6.45) is -4.37. The summed E-state index contributed by atoms with van der Waals surface area (Å²) in [6.45, 7) is 0.627. The lowest BCUT2D eigenvalue weighted by atomic mass is 10.0. The van der Waals surface area contributed by atoms with Gasteiger partial charge in [0.1, 0.15) is 12.4 Å². The van der Waals surface area contributed by atoms with Gasteiger partial charge in [-0.15, -0.1) is 0 Å². The van der Waals surface area contributed by atoms with Crippen molar-refractivity contribution in [2.45, 2.75) is 18.8 Å². The van der Waals surface area contributed by atoms with Crippen LogP contribution in [0.2, 0.25) is 0 Å². The first-order valence-corrected chi connectivity index (χ1v) is 7.24. The van der Waals surface area contributed by atoms with Gasteiger partial charge in [0.15, 0.2) is 0 Å². The summed E-state index contributed by atoms with van der Waals surface area (Å²) < 4.78 is 43.5. The van der Waals surface area contributed by atoms with E-state index >= 15 is 0 Å². The van der Waals surface area contributed by atoms with Gasteiger partial charge < -0.3 is 15.2 Å². The number of hydrogen-bond donors (Lipinski definition) is 2. The molecule has 0 bridgehead atoms. The number of aromatic carboxylic acids is 1. The molecule has 1 heterocycles. The summed E-state index contributed by atoms with van der Waals surface area (Å²) in [6, 6.07) is 9.24. The van der Waals surface area contributed by atoms with Crippen molar-refractivity contribution in [1.82, 2.24) is 5.32 Å². The standard InChI is InChI=1S/C17H14F3NO3/c18-17(19,20)13-5-3-10(4-6-13)14-9-24-15-7-11(16(22)23)1-2-12(15)8-21-14/h1-7,14,21H,8-9H2,(H,22,23). The van der Waals surface area contributed by atoms with Crippen LogP contribution in [0, 0.1) is 0 Å². The number of alkyl halides is 3. The van der Waals surface area contributed by atoms with Crippen molar-refractivity contribution in [3.05, 3.63) is 64.7 Å². The van der Waals surface area contributed by atoms with Gasteiger partial charge >= 0.3 is 12.1 Å². The van der Waals surface area contributed by atoms with Crippen molar-refractivity contribution in [1.29, 1.82) is 0 Å².